The molecule has 2 N–H and O–H groups in total. The summed E-state index contributed by atoms with van der Waals surface area (Å²) in [4.78, 5) is 2.67. The summed E-state index contributed by atoms with van der Waals surface area (Å²) in [6.07, 6.45) is 4.71. The molecule has 1 aromatic carbocycles. The third-order valence-corrected chi connectivity index (χ3v) is 5.08. The Morgan fingerprint density at radius 2 is 2.05 bits per heavy atom. The number of nitrogens with two attached hydrogens (primary N) is 1. The van der Waals surface area contributed by atoms with E-state index < -0.39 is 0 Å². The molecule has 1 fully saturated rings. The molecule has 0 amide bonds. The van der Waals surface area contributed by atoms with E-state index in [0.717, 1.165) is 12.2 Å². The summed E-state index contributed by atoms with van der Waals surface area (Å²) in [6.45, 7) is 7.61. The Hall–Kier alpha value is -1.06. The van der Waals surface area contributed by atoms with Crippen molar-refractivity contribution in [1.82, 2.24) is 4.90 Å². The molecule has 0 radical (unpaired) electrons. The first-order chi connectivity index (χ1) is 10.1. The van der Waals surface area contributed by atoms with Crippen LogP contribution in [0.1, 0.15) is 45.6 Å². The molecule has 0 aliphatic carbocycles. The Morgan fingerprint density at radius 3 is 2.67 bits per heavy atom. The Bertz CT molecular complexity index is 462. The van der Waals surface area contributed by atoms with Crippen LogP contribution in [-0.2, 0) is 6.42 Å². The number of hydrogen-bond acceptors (Lipinski definition) is 3. The van der Waals surface area contributed by atoms with E-state index in [2.05, 4.69) is 37.8 Å². The lowest BCUT2D eigenvalue weighted by Gasteiger charge is -2.45. The molecule has 2 rings (SSSR count). The first-order valence-corrected chi connectivity index (χ1v) is 8.16. The summed E-state index contributed by atoms with van der Waals surface area (Å²) >= 11 is 0. The molecule has 1 aliphatic rings. The van der Waals surface area contributed by atoms with E-state index in [4.69, 9.17) is 10.5 Å². The monoisotopic (exact) mass is 290 g/mol. The van der Waals surface area contributed by atoms with Crippen molar-refractivity contribution in [2.75, 3.05) is 13.7 Å². The van der Waals surface area contributed by atoms with E-state index in [1.54, 1.807) is 7.11 Å². The third kappa shape index (κ3) is 3.24. The lowest BCUT2D eigenvalue weighted by atomic mass is 9.88. The SMILES string of the molecule is CCC1CCC(C)N1C(C)(CN)Cc1ccccc1OC. The zero-order valence-electron chi connectivity index (χ0n) is 13.9. The largest absolute Gasteiger partial charge is 0.496 e. The normalized spacial score (nSPS) is 25.8. The molecule has 3 atom stereocenters. The van der Waals surface area contributed by atoms with Crippen LogP contribution in [0.25, 0.3) is 0 Å². The smallest absolute Gasteiger partial charge is 0.122 e. The van der Waals surface area contributed by atoms with Crippen LogP contribution in [0.15, 0.2) is 24.3 Å². The summed E-state index contributed by atoms with van der Waals surface area (Å²) < 4.78 is 5.52. The molecule has 3 heteroatoms. The Morgan fingerprint density at radius 1 is 1.33 bits per heavy atom. The van der Waals surface area contributed by atoms with E-state index in [1.807, 2.05) is 12.1 Å². The fourth-order valence-electron chi connectivity index (χ4n) is 3.97. The van der Waals surface area contributed by atoms with Crippen LogP contribution in [0.4, 0.5) is 0 Å². The van der Waals surface area contributed by atoms with Crippen LogP contribution in [-0.4, -0.2) is 36.2 Å². The van der Waals surface area contributed by atoms with Crippen LogP contribution in [0.5, 0.6) is 5.75 Å². The number of hydrogen-bond donors (Lipinski definition) is 1. The zero-order chi connectivity index (χ0) is 15.5. The zero-order valence-corrected chi connectivity index (χ0v) is 13.9. The molecule has 0 saturated carbocycles. The van der Waals surface area contributed by atoms with Gasteiger partial charge in [0.1, 0.15) is 5.75 Å². The molecule has 1 heterocycles. The molecule has 118 valence electrons. The van der Waals surface area contributed by atoms with Crippen molar-refractivity contribution in [1.29, 1.82) is 0 Å². The van der Waals surface area contributed by atoms with Crippen molar-refractivity contribution >= 4 is 0 Å². The van der Waals surface area contributed by atoms with Gasteiger partial charge in [-0.2, -0.15) is 0 Å². The average Bonchev–Trinajstić information content (AvgIpc) is 2.89. The highest BCUT2D eigenvalue weighted by Gasteiger charge is 2.41. The lowest BCUT2D eigenvalue weighted by molar-refractivity contribution is 0.0590. The van der Waals surface area contributed by atoms with Gasteiger partial charge in [0.25, 0.3) is 0 Å². The van der Waals surface area contributed by atoms with Gasteiger partial charge in [0.15, 0.2) is 0 Å². The van der Waals surface area contributed by atoms with Gasteiger partial charge >= 0.3 is 0 Å². The van der Waals surface area contributed by atoms with Gasteiger partial charge in [-0.3, -0.25) is 4.90 Å². The molecule has 0 spiro atoms. The van der Waals surface area contributed by atoms with Crippen molar-refractivity contribution in [3.05, 3.63) is 29.8 Å². The number of nitrogens with zero attached hydrogens (tertiary/aromatic N) is 1. The Balaban J connectivity index is 2.28. The number of likely N-dealkylation sites (tertiary alicyclic amines) is 1. The standard InChI is InChI=1S/C18H30N2O/c1-5-16-11-10-14(2)20(16)18(3,13-19)12-15-8-6-7-9-17(15)21-4/h6-9,14,16H,5,10-13,19H2,1-4H3. The fraction of sp³-hybridized carbons (Fsp3) is 0.667. The van der Waals surface area contributed by atoms with Gasteiger partial charge in [-0.25, -0.2) is 0 Å². The van der Waals surface area contributed by atoms with Crippen LogP contribution in [0.3, 0.4) is 0 Å². The van der Waals surface area contributed by atoms with Crippen LogP contribution in [0.2, 0.25) is 0 Å². The van der Waals surface area contributed by atoms with E-state index >= 15 is 0 Å². The lowest BCUT2D eigenvalue weighted by Crippen LogP contribution is -2.57. The minimum Gasteiger partial charge on any atom is -0.496 e. The summed E-state index contributed by atoms with van der Waals surface area (Å²) in [5, 5.41) is 0. The molecule has 3 nitrogen and oxygen atoms in total. The topological polar surface area (TPSA) is 38.5 Å². The van der Waals surface area contributed by atoms with Crippen molar-refractivity contribution in [2.24, 2.45) is 5.73 Å². The first-order valence-electron chi connectivity index (χ1n) is 8.16. The highest BCUT2D eigenvalue weighted by Crippen LogP contribution is 2.36. The highest BCUT2D eigenvalue weighted by molar-refractivity contribution is 5.35. The first kappa shape index (κ1) is 16.3. The average molecular weight is 290 g/mol. The molecular weight excluding hydrogens is 260 g/mol. The third-order valence-electron chi connectivity index (χ3n) is 5.08. The summed E-state index contributed by atoms with van der Waals surface area (Å²) in [5.41, 5.74) is 7.47. The van der Waals surface area contributed by atoms with Gasteiger partial charge in [0.05, 0.1) is 7.11 Å². The summed E-state index contributed by atoms with van der Waals surface area (Å²) in [7, 11) is 1.74. The minimum absolute atomic E-state index is 0.00870. The Kier molecular flexibility index (Phi) is 5.28. The second-order valence-corrected chi connectivity index (χ2v) is 6.59. The van der Waals surface area contributed by atoms with E-state index in [9.17, 15) is 0 Å². The van der Waals surface area contributed by atoms with Crippen molar-refractivity contribution in [2.45, 2.75) is 64.1 Å². The maximum absolute atomic E-state index is 6.22. The van der Waals surface area contributed by atoms with Crippen LogP contribution in [0, 0.1) is 0 Å². The number of rotatable bonds is 6. The van der Waals surface area contributed by atoms with Crippen molar-refractivity contribution in [3.8, 4) is 5.75 Å². The quantitative estimate of drug-likeness (QED) is 0.874. The molecule has 0 bridgehead atoms. The highest BCUT2D eigenvalue weighted by atomic mass is 16.5. The minimum atomic E-state index is -0.00870. The van der Waals surface area contributed by atoms with Gasteiger partial charge in [-0.15, -0.1) is 0 Å². The second-order valence-electron chi connectivity index (χ2n) is 6.59. The number of benzene rings is 1. The van der Waals surface area contributed by atoms with Crippen LogP contribution < -0.4 is 10.5 Å². The molecule has 1 aliphatic heterocycles. The predicted octanol–water partition coefficient (Wildman–Crippen LogP) is 3.22. The predicted molar refractivity (Wildman–Crippen MR) is 88.8 cm³/mol. The molecule has 1 saturated heterocycles. The summed E-state index contributed by atoms with van der Waals surface area (Å²) in [5.74, 6) is 0.970. The molecule has 21 heavy (non-hydrogen) atoms. The molecular formula is C18H30N2O. The number of ether oxygens (including phenoxy) is 1. The fourth-order valence-corrected chi connectivity index (χ4v) is 3.97. The van der Waals surface area contributed by atoms with E-state index in [-0.39, 0.29) is 5.54 Å². The molecule has 3 unspecified atom stereocenters. The maximum atomic E-state index is 6.22. The van der Waals surface area contributed by atoms with Gasteiger partial charge in [-0.05, 0) is 51.2 Å². The second kappa shape index (κ2) is 6.80. The summed E-state index contributed by atoms with van der Waals surface area (Å²) in [6, 6.07) is 9.57. The maximum Gasteiger partial charge on any atom is 0.122 e. The van der Waals surface area contributed by atoms with Crippen molar-refractivity contribution in [3.63, 3.8) is 0 Å². The molecule has 0 aromatic heterocycles. The van der Waals surface area contributed by atoms with Crippen LogP contribution >= 0.6 is 0 Å². The Labute approximate surface area is 129 Å². The van der Waals surface area contributed by atoms with Gasteiger partial charge in [0.2, 0.25) is 0 Å². The number of para-hydroxylation sites is 1. The van der Waals surface area contributed by atoms with Gasteiger partial charge < -0.3 is 10.5 Å². The van der Waals surface area contributed by atoms with Gasteiger partial charge in [0, 0.05) is 24.2 Å². The molecule has 1 aromatic rings. The van der Waals surface area contributed by atoms with Crippen molar-refractivity contribution < 1.29 is 4.74 Å². The van der Waals surface area contributed by atoms with Gasteiger partial charge in [-0.1, -0.05) is 25.1 Å². The van der Waals surface area contributed by atoms with E-state index in [0.29, 0.717) is 18.6 Å². The van der Waals surface area contributed by atoms with E-state index in [1.165, 1.54) is 24.8 Å². The number of methoxy groups -OCH3 is 1.